The number of alkyl halides is 3. The summed E-state index contributed by atoms with van der Waals surface area (Å²) in [6, 6.07) is 0. The lowest BCUT2D eigenvalue weighted by Crippen LogP contribution is -2.65. The summed E-state index contributed by atoms with van der Waals surface area (Å²) in [5.41, 5.74) is -1.05. The Morgan fingerprint density at radius 2 is 1.71 bits per heavy atom. The summed E-state index contributed by atoms with van der Waals surface area (Å²) >= 11 is 14.0. The zero-order valence-electron chi connectivity index (χ0n) is 12.8. The van der Waals surface area contributed by atoms with Crippen molar-refractivity contribution in [1.82, 2.24) is 0 Å². The predicted molar refractivity (Wildman–Crippen MR) is 90.4 cm³/mol. The van der Waals surface area contributed by atoms with E-state index in [-0.39, 0.29) is 32.2 Å². The Bertz CT molecular complexity index is 458. The van der Waals surface area contributed by atoms with Gasteiger partial charge in [-0.25, -0.2) is 0 Å². The van der Waals surface area contributed by atoms with Crippen LogP contribution in [0.4, 0.5) is 0 Å². The standard InChI is InChI=1S/C15H23Br2ClO3/c1-12(2)11(17)7-15(19)14(4,21-12)8-5-10(16)13(3,18)6-9(8)20-15/h8-11,19H,5-7H2,1-4H3/t8-,9+,10+,11-,13+,14-,15-/m1/s1. The summed E-state index contributed by atoms with van der Waals surface area (Å²) in [6.45, 7) is 8.14. The highest BCUT2D eigenvalue weighted by Crippen LogP contribution is 2.60. The van der Waals surface area contributed by atoms with Crippen LogP contribution in [-0.4, -0.2) is 42.7 Å². The Kier molecular flexibility index (Phi) is 3.90. The monoisotopic (exact) mass is 444 g/mol. The molecule has 3 aliphatic rings. The first-order valence-electron chi connectivity index (χ1n) is 7.49. The lowest BCUT2D eigenvalue weighted by atomic mass is 9.69. The number of aliphatic hydroxyl groups is 1. The molecule has 0 amide bonds. The molecule has 2 aliphatic heterocycles. The summed E-state index contributed by atoms with van der Waals surface area (Å²) in [4.78, 5) is -0.125. The minimum absolute atomic E-state index is 0.0466. The number of rotatable bonds is 0. The molecule has 1 N–H and O–H groups in total. The molecule has 21 heavy (non-hydrogen) atoms. The molecule has 122 valence electrons. The molecule has 2 saturated heterocycles. The van der Waals surface area contributed by atoms with Crippen molar-refractivity contribution in [3.63, 3.8) is 0 Å². The van der Waals surface area contributed by atoms with Gasteiger partial charge in [-0.15, -0.1) is 11.6 Å². The first kappa shape index (κ1) is 17.0. The van der Waals surface area contributed by atoms with Gasteiger partial charge in [0.05, 0.1) is 16.6 Å². The number of fused-ring (bicyclic) bond motifs is 3. The second-order valence-electron chi connectivity index (χ2n) is 7.72. The third kappa shape index (κ3) is 2.37. The summed E-state index contributed by atoms with van der Waals surface area (Å²) in [7, 11) is 0. The Morgan fingerprint density at radius 3 is 2.33 bits per heavy atom. The van der Waals surface area contributed by atoms with E-state index in [4.69, 9.17) is 21.1 Å². The quantitative estimate of drug-likeness (QED) is 0.573. The number of hydrogen-bond acceptors (Lipinski definition) is 3. The molecule has 0 radical (unpaired) electrons. The van der Waals surface area contributed by atoms with Gasteiger partial charge in [0, 0.05) is 22.0 Å². The van der Waals surface area contributed by atoms with Crippen LogP contribution < -0.4 is 0 Å². The zero-order valence-corrected chi connectivity index (χ0v) is 16.8. The van der Waals surface area contributed by atoms with Gasteiger partial charge in [0.2, 0.25) is 0 Å². The molecule has 1 saturated carbocycles. The maximum Gasteiger partial charge on any atom is 0.196 e. The normalized spacial score (nSPS) is 59.4. The van der Waals surface area contributed by atoms with Crippen molar-refractivity contribution in [3.05, 3.63) is 0 Å². The van der Waals surface area contributed by atoms with E-state index in [1.54, 1.807) is 0 Å². The van der Waals surface area contributed by atoms with Gasteiger partial charge in [-0.3, -0.25) is 0 Å². The van der Waals surface area contributed by atoms with Crippen LogP contribution in [0.2, 0.25) is 0 Å². The molecule has 0 aromatic heterocycles. The zero-order chi connectivity index (χ0) is 15.8. The second kappa shape index (κ2) is 4.82. The molecule has 0 bridgehead atoms. The van der Waals surface area contributed by atoms with Crippen LogP contribution in [0.3, 0.4) is 0 Å². The van der Waals surface area contributed by atoms with E-state index in [1.807, 2.05) is 13.8 Å². The van der Waals surface area contributed by atoms with Crippen LogP contribution in [-0.2, 0) is 9.47 Å². The predicted octanol–water partition coefficient (Wildman–Crippen LogP) is 3.97. The smallest absolute Gasteiger partial charge is 0.196 e. The molecule has 0 unspecified atom stereocenters. The second-order valence-corrected chi connectivity index (χ2v) is 10.8. The highest BCUT2D eigenvalue weighted by atomic mass is 79.9. The molecule has 3 fully saturated rings. The molecular weight excluding hydrogens is 423 g/mol. The van der Waals surface area contributed by atoms with Crippen LogP contribution in [0.1, 0.15) is 47.0 Å². The van der Waals surface area contributed by atoms with Gasteiger partial charge >= 0.3 is 0 Å². The molecule has 6 heteroatoms. The summed E-state index contributed by atoms with van der Waals surface area (Å²) < 4.78 is 12.5. The van der Waals surface area contributed by atoms with Crippen molar-refractivity contribution in [1.29, 1.82) is 0 Å². The molecule has 7 atom stereocenters. The van der Waals surface area contributed by atoms with Gasteiger partial charge in [0.15, 0.2) is 5.79 Å². The third-order valence-corrected chi connectivity index (χ3v) is 9.17. The van der Waals surface area contributed by atoms with Gasteiger partial charge in [0.25, 0.3) is 0 Å². The van der Waals surface area contributed by atoms with Crippen LogP contribution in [0.5, 0.6) is 0 Å². The molecule has 3 nitrogen and oxygen atoms in total. The van der Waals surface area contributed by atoms with Crippen LogP contribution in [0.15, 0.2) is 0 Å². The largest absolute Gasteiger partial charge is 0.363 e. The Labute approximate surface area is 148 Å². The maximum absolute atomic E-state index is 11.1. The first-order chi connectivity index (χ1) is 9.41. The van der Waals surface area contributed by atoms with E-state index in [0.29, 0.717) is 12.8 Å². The van der Waals surface area contributed by atoms with Crippen LogP contribution in [0, 0.1) is 5.92 Å². The Balaban J connectivity index is 1.97. The molecule has 3 rings (SSSR count). The van der Waals surface area contributed by atoms with Gasteiger partial charge < -0.3 is 14.6 Å². The van der Waals surface area contributed by atoms with Crippen molar-refractivity contribution in [2.75, 3.05) is 0 Å². The van der Waals surface area contributed by atoms with Gasteiger partial charge in [0.1, 0.15) is 5.60 Å². The van der Waals surface area contributed by atoms with Crippen LogP contribution >= 0.6 is 43.5 Å². The fourth-order valence-electron chi connectivity index (χ4n) is 4.15. The topological polar surface area (TPSA) is 38.7 Å². The molecular formula is C15H23Br2ClO3. The molecule has 0 spiro atoms. The van der Waals surface area contributed by atoms with Gasteiger partial charge in [-0.1, -0.05) is 31.9 Å². The van der Waals surface area contributed by atoms with Crippen LogP contribution in [0.25, 0.3) is 0 Å². The van der Waals surface area contributed by atoms with Crippen molar-refractivity contribution in [2.24, 2.45) is 5.92 Å². The van der Waals surface area contributed by atoms with Gasteiger partial charge in [-0.2, -0.15) is 0 Å². The van der Waals surface area contributed by atoms with Crippen molar-refractivity contribution in [3.8, 4) is 0 Å². The van der Waals surface area contributed by atoms with E-state index in [2.05, 4.69) is 45.7 Å². The molecule has 0 aromatic carbocycles. The molecule has 2 heterocycles. The highest BCUT2D eigenvalue weighted by molar-refractivity contribution is 9.09. The molecule has 1 aliphatic carbocycles. The fourth-order valence-corrected chi connectivity index (χ4v) is 5.51. The third-order valence-electron chi connectivity index (χ3n) is 5.68. The highest BCUT2D eigenvalue weighted by Gasteiger charge is 2.70. The first-order valence-corrected chi connectivity index (χ1v) is 9.70. The van der Waals surface area contributed by atoms with Gasteiger partial charge in [-0.05, 0) is 40.5 Å². The number of hydrogen-bond donors (Lipinski definition) is 1. The van der Waals surface area contributed by atoms with E-state index in [0.717, 1.165) is 6.42 Å². The minimum Gasteiger partial charge on any atom is -0.363 e. The molecule has 0 aromatic rings. The number of halogens is 3. The SMILES string of the molecule is CC1(C)O[C@]2(C)[C@@H]3C[C@H](Br)[C@@](C)(Cl)C[C@@H]3O[C@]2(O)C[C@H]1Br. The lowest BCUT2D eigenvalue weighted by Gasteiger charge is -2.53. The fraction of sp³-hybridized carbons (Fsp3) is 1.00. The Hall–Kier alpha value is 1.13. The minimum atomic E-state index is -1.25. The van der Waals surface area contributed by atoms with Crippen molar-refractivity contribution in [2.45, 2.75) is 84.6 Å². The summed E-state index contributed by atoms with van der Waals surface area (Å²) in [5.74, 6) is -1.12. The average Bonchev–Trinajstić information content (AvgIpc) is 2.48. The Morgan fingerprint density at radius 1 is 1.10 bits per heavy atom. The van der Waals surface area contributed by atoms with E-state index < -0.39 is 11.4 Å². The van der Waals surface area contributed by atoms with E-state index in [1.165, 1.54) is 0 Å². The summed E-state index contributed by atoms with van der Waals surface area (Å²) in [6.07, 6.45) is 2.01. The van der Waals surface area contributed by atoms with E-state index >= 15 is 0 Å². The lowest BCUT2D eigenvalue weighted by molar-refractivity contribution is -0.325. The average molecular weight is 447 g/mol. The maximum atomic E-state index is 11.1. The van der Waals surface area contributed by atoms with Crippen molar-refractivity contribution >= 4 is 43.5 Å². The van der Waals surface area contributed by atoms with E-state index in [9.17, 15) is 5.11 Å². The summed E-state index contributed by atoms with van der Waals surface area (Å²) in [5, 5.41) is 11.1. The van der Waals surface area contributed by atoms with Crippen molar-refractivity contribution < 1.29 is 14.6 Å². The number of ether oxygens (including phenoxy) is 2.